The van der Waals surface area contributed by atoms with Crippen LogP contribution in [-0.2, 0) is 24.1 Å². The van der Waals surface area contributed by atoms with Crippen molar-refractivity contribution >= 4 is 35.0 Å². The third kappa shape index (κ3) is 6.73. The maximum Gasteiger partial charge on any atom is 0.416 e. The lowest BCUT2D eigenvalue weighted by molar-refractivity contribution is -0.137. The summed E-state index contributed by atoms with van der Waals surface area (Å²) in [5.74, 6) is 0.917. The van der Waals surface area contributed by atoms with Gasteiger partial charge in [0.1, 0.15) is 23.9 Å². The predicted molar refractivity (Wildman–Crippen MR) is 125 cm³/mol. The molecule has 0 radical (unpaired) electrons. The molecule has 1 N–H and O–H groups in total. The Balaban J connectivity index is 1.63. The average Bonchev–Trinajstić information content (AvgIpc) is 3.23. The maximum atomic E-state index is 12.9. The molecule has 3 aromatic rings. The molecule has 3 rings (SSSR count). The molecule has 13 heteroatoms. The molecule has 0 saturated heterocycles. The number of rotatable bonds is 10. The second-order valence-electron chi connectivity index (χ2n) is 6.98. The normalized spacial score (nSPS) is 11.3. The Kier molecular flexibility index (Phi) is 8.73. The average molecular weight is 531 g/mol. The molecule has 1 heterocycles. The summed E-state index contributed by atoms with van der Waals surface area (Å²) in [6.45, 7) is 2.24. The smallest absolute Gasteiger partial charge is 0.416 e. The Morgan fingerprint density at radius 1 is 1.14 bits per heavy atom. The maximum absolute atomic E-state index is 12.9. The van der Waals surface area contributed by atoms with E-state index in [1.807, 2.05) is 6.92 Å². The van der Waals surface area contributed by atoms with E-state index in [4.69, 9.17) is 25.8 Å². The van der Waals surface area contributed by atoms with Crippen molar-refractivity contribution in [2.75, 3.05) is 25.3 Å². The van der Waals surface area contributed by atoms with Crippen LogP contribution in [0, 0.1) is 0 Å². The molecule has 0 aliphatic carbocycles. The van der Waals surface area contributed by atoms with Crippen LogP contribution in [0.4, 0.5) is 18.9 Å². The predicted octanol–water partition coefficient (Wildman–Crippen LogP) is 5.30. The molecule has 35 heavy (non-hydrogen) atoms. The van der Waals surface area contributed by atoms with E-state index in [1.54, 1.807) is 10.6 Å². The van der Waals surface area contributed by atoms with Crippen molar-refractivity contribution in [3.8, 4) is 17.2 Å². The van der Waals surface area contributed by atoms with Crippen LogP contribution in [0.2, 0.25) is 5.02 Å². The summed E-state index contributed by atoms with van der Waals surface area (Å²) in [6, 6.07) is 7.69. The van der Waals surface area contributed by atoms with Crippen molar-refractivity contribution in [1.29, 1.82) is 0 Å². The highest BCUT2D eigenvalue weighted by molar-refractivity contribution is 7.99. The van der Waals surface area contributed by atoms with Crippen LogP contribution >= 0.6 is 23.4 Å². The number of halogens is 4. The number of hydrogen-bond donors (Lipinski definition) is 1. The molecule has 0 fully saturated rings. The first-order valence-corrected chi connectivity index (χ1v) is 11.6. The number of thioether (sulfide) groups is 1. The molecule has 1 amide bonds. The zero-order chi connectivity index (χ0) is 25.6. The first kappa shape index (κ1) is 26.5. The number of amides is 1. The molecule has 0 aliphatic heterocycles. The molecule has 0 atom stereocenters. The zero-order valence-corrected chi connectivity index (χ0v) is 20.6. The summed E-state index contributed by atoms with van der Waals surface area (Å²) in [6.07, 6.45) is -4.46. The molecular weight excluding hydrogens is 509 g/mol. The lowest BCUT2D eigenvalue weighted by Crippen LogP contribution is -2.15. The van der Waals surface area contributed by atoms with Gasteiger partial charge in [-0.3, -0.25) is 4.79 Å². The monoisotopic (exact) mass is 530 g/mol. The molecule has 0 aliphatic rings. The van der Waals surface area contributed by atoms with E-state index >= 15 is 0 Å². The summed E-state index contributed by atoms with van der Waals surface area (Å²) < 4.78 is 56.4. The fraction of sp³-hybridized carbons (Fsp3) is 0.318. The molecule has 2 aromatic carbocycles. The van der Waals surface area contributed by atoms with Crippen molar-refractivity contribution in [3.63, 3.8) is 0 Å². The van der Waals surface area contributed by atoms with Gasteiger partial charge in [0.05, 0.1) is 36.2 Å². The van der Waals surface area contributed by atoms with Crippen molar-refractivity contribution < 1.29 is 32.2 Å². The van der Waals surface area contributed by atoms with E-state index in [9.17, 15) is 18.0 Å². The SMILES string of the molecule is CCn1c(COc2cccc(C(F)(F)F)c2)nnc1SCC(=O)Nc1cc(OC)c(Cl)cc1OC. The number of nitrogens with one attached hydrogen (secondary N) is 1. The van der Waals surface area contributed by atoms with E-state index < -0.39 is 11.7 Å². The summed E-state index contributed by atoms with van der Waals surface area (Å²) in [5, 5.41) is 11.7. The molecule has 0 bridgehead atoms. The molecular formula is C22H22ClF3N4O4S. The van der Waals surface area contributed by atoms with Crippen molar-refractivity contribution in [3.05, 3.63) is 52.8 Å². The van der Waals surface area contributed by atoms with Crippen LogP contribution < -0.4 is 19.5 Å². The number of ether oxygens (including phenoxy) is 3. The molecule has 8 nitrogen and oxygen atoms in total. The molecule has 0 spiro atoms. The summed E-state index contributed by atoms with van der Waals surface area (Å²) in [5.41, 5.74) is -0.407. The Bertz CT molecular complexity index is 1190. The van der Waals surface area contributed by atoms with Gasteiger partial charge >= 0.3 is 6.18 Å². The van der Waals surface area contributed by atoms with Crippen LogP contribution in [0.5, 0.6) is 17.2 Å². The third-order valence-electron chi connectivity index (χ3n) is 4.72. The van der Waals surface area contributed by atoms with Crippen LogP contribution in [0.3, 0.4) is 0 Å². The number of carbonyl (C=O) groups excluding carboxylic acids is 1. The van der Waals surface area contributed by atoms with E-state index in [-0.39, 0.29) is 24.0 Å². The van der Waals surface area contributed by atoms with Gasteiger partial charge in [0.2, 0.25) is 5.91 Å². The van der Waals surface area contributed by atoms with Crippen LogP contribution in [0.1, 0.15) is 18.3 Å². The quantitative estimate of drug-likeness (QED) is 0.356. The second-order valence-corrected chi connectivity index (χ2v) is 8.33. The van der Waals surface area contributed by atoms with Crippen molar-refractivity contribution in [1.82, 2.24) is 14.8 Å². The van der Waals surface area contributed by atoms with Crippen LogP contribution in [-0.4, -0.2) is 40.6 Å². The topological polar surface area (TPSA) is 87.5 Å². The summed E-state index contributed by atoms with van der Waals surface area (Å²) in [4.78, 5) is 12.5. The summed E-state index contributed by atoms with van der Waals surface area (Å²) >= 11 is 7.23. The highest BCUT2D eigenvalue weighted by Gasteiger charge is 2.30. The van der Waals surface area contributed by atoms with Crippen molar-refractivity contribution in [2.45, 2.75) is 31.4 Å². The van der Waals surface area contributed by atoms with Gasteiger partial charge in [0.25, 0.3) is 0 Å². The van der Waals surface area contributed by atoms with Gasteiger partial charge in [-0.2, -0.15) is 13.2 Å². The number of anilines is 1. The van der Waals surface area contributed by atoms with Gasteiger partial charge in [0, 0.05) is 18.7 Å². The first-order chi connectivity index (χ1) is 16.7. The van der Waals surface area contributed by atoms with Crippen LogP contribution in [0.15, 0.2) is 41.6 Å². The Labute approximate surface area is 208 Å². The number of carbonyl (C=O) groups is 1. The number of aromatic nitrogens is 3. The summed E-state index contributed by atoms with van der Waals surface area (Å²) in [7, 11) is 2.91. The largest absolute Gasteiger partial charge is 0.495 e. The fourth-order valence-corrected chi connectivity index (χ4v) is 4.09. The van der Waals surface area contributed by atoms with Gasteiger partial charge in [0.15, 0.2) is 11.0 Å². The van der Waals surface area contributed by atoms with Gasteiger partial charge in [-0.15, -0.1) is 10.2 Å². The van der Waals surface area contributed by atoms with E-state index in [2.05, 4.69) is 15.5 Å². The lowest BCUT2D eigenvalue weighted by Gasteiger charge is -2.13. The number of nitrogens with zero attached hydrogens (tertiary/aromatic N) is 3. The fourth-order valence-electron chi connectivity index (χ4n) is 3.03. The molecule has 188 valence electrons. The number of methoxy groups -OCH3 is 2. The number of benzene rings is 2. The Morgan fingerprint density at radius 2 is 1.89 bits per heavy atom. The molecule has 0 saturated carbocycles. The lowest BCUT2D eigenvalue weighted by atomic mass is 10.2. The number of alkyl halides is 3. The standard InChI is InChI=1S/C22H22ClF3N4O4S/c1-4-30-19(11-34-14-7-5-6-13(8-14)22(24,25)26)28-29-21(30)35-12-20(31)27-16-10-17(32-2)15(23)9-18(16)33-3/h5-10H,4,11-12H2,1-3H3,(H,27,31). The second kappa shape index (κ2) is 11.5. The Morgan fingerprint density at radius 3 is 2.54 bits per heavy atom. The number of hydrogen-bond acceptors (Lipinski definition) is 7. The van der Waals surface area contributed by atoms with E-state index in [0.717, 1.165) is 23.9 Å². The highest BCUT2D eigenvalue weighted by atomic mass is 35.5. The van der Waals surface area contributed by atoms with E-state index in [1.165, 1.54) is 32.4 Å². The van der Waals surface area contributed by atoms with Gasteiger partial charge in [-0.1, -0.05) is 29.4 Å². The van der Waals surface area contributed by atoms with Crippen molar-refractivity contribution in [2.24, 2.45) is 0 Å². The Hall–Kier alpha value is -3.12. The molecule has 0 unspecified atom stereocenters. The van der Waals surface area contributed by atoms with Gasteiger partial charge in [-0.25, -0.2) is 0 Å². The first-order valence-electron chi connectivity index (χ1n) is 10.2. The minimum atomic E-state index is -4.46. The third-order valence-corrected chi connectivity index (χ3v) is 5.98. The minimum Gasteiger partial charge on any atom is -0.495 e. The van der Waals surface area contributed by atoms with Gasteiger partial charge in [-0.05, 0) is 25.1 Å². The zero-order valence-electron chi connectivity index (χ0n) is 19.0. The minimum absolute atomic E-state index is 0.0146. The molecule has 1 aromatic heterocycles. The van der Waals surface area contributed by atoms with E-state index in [0.29, 0.717) is 39.7 Å². The van der Waals surface area contributed by atoms with Crippen LogP contribution in [0.25, 0.3) is 0 Å². The van der Waals surface area contributed by atoms with Gasteiger partial charge < -0.3 is 24.1 Å². The highest BCUT2D eigenvalue weighted by Crippen LogP contribution is 2.36.